The Morgan fingerprint density at radius 2 is 1.93 bits per heavy atom. The molecule has 0 bridgehead atoms. The van der Waals surface area contributed by atoms with Gasteiger partial charge in [-0.25, -0.2) is 0 Å². The maximum absolute atomic E-state index is 12.1. The van der Waals surface area contributed by atoms with E-state index in [0.29, 0.717) is 29.2 Å². The highest BCUT2D eigenvalue weighted by Gasteiger charge is 2.24. The van der Waals surface area contributed by atoms with E-state index in [2.05, 4.69) is 20.5 Å². The predicted octanol–water partition coefficient (Wildman–Crippen LogP) is 3.76. The normalized spacial score (nSPS) is 14.7. The zero-order valence-corrected chi connectivity index (χ0v) is 17.4. The smallest absolute Gasteiger partial charge is 0.313 e. The van der Waals surface area contributed by atoms with Crippen molar-refractivity contribution in [3.63, 3.8) is 0 Å². The first-order valence-electron chi connectivity index (χ1n) is 9.95. The number of nitrogens with one attached hydrogen (secondary N) is 2. The minimum absolute atomic E-state index is 0.302. The van der Waals surface area contributed by atoms with Gasteiger partial charge in [-0.3, -0.25) is 9.59 Å². The molecule has 1 aromatic heterocycles. The first-order chi connectivity index (χ1) is 14.5. The Morgan fingerprint density at radius 3 is 2.67 bits per heavy atom. The van der Waals surface area contributed by atoms with Crippen molar-refractivity contribution in [1.29, 1.82) is 0 Å². The van der Waals surface area contributed by atoms with Gasteiger partial charge >= 0.3 is 11.8 Å². The van der Waals surface area contributed by atoms with Crippen molar-refractivity contribution in [2.75, 3.05) is 29.9 Å². The van der Waals surface area contributed by atoms with Gasteiger partial charge < -0.3 is 20.0 Å². The fourth-order valence-corrected chi connectivity index (χ4v) is 3.68. The van der Waals surface area contributed by atoms with Crippen LogP contribution in [-0.2, 0) is 9.59 Å². The molecule has 1 aliphatic rings. The van der Waals surface area contributed by atoms with E-state index in [1.165, 1.54) is 0 Å². The van der Waals surface area contributed by atoms with Gasteiger partial charge in [-0.2, -0.15) is 4.98 Å². The van der Waals surface area contributed by atoms with Gasteiger partial charge in [0.1, 0.15) is 5.52 Å². The van der Waals surface area contributed by atoms with Crippen LogP contribution in [0.4, 0.5) is 11.7 Å². The molecule has 2 amide bonds. The number of carbonyl (C=O) groups excluding carboxylic acids is 2. The van der Waals surface area contributed by atoms with Gasteiger partial charge in [0.05, 0.1) is 0 Å². The summed E-state index contributed by atoms with van der Waals surface area (Å²) in [6.45, 7) is 3.92. The maximum atomic E-state index is 12.1. The molecule has 0 atom stereocenters. The third kappa shape index (κ3) is 4.57. The number of hydrogen-bond donors (Lipinski definition) is 2. The zero-order chi connectivity index (χ0) is 21.1. The van der Waals surface area contributed by atoms with Gasteiger partial charge in [-0.15, -0.1) is 0 Å². The van der Waals surface area contributed by atoms with E-state index in [9.17, 15) is 9.59 Å². The molecule has 0 spiro atoms. The molecule has 30 heavy (non-hydrogen) atoms. The SMILES string of the molecule is Cc1ccc(NC(=O)C(=O)NCC2CCN(c3nc4ccccc4o3)CC2)cc1Cl. The lowest BCUT2D eigenvalue weighted by atomic mass is 9.97. The number of fused-ring (bicyclic) bond motifs is 1. The number of nitrogens with zero attached hydrogens (tertiary/aromatic N) is 2. The van der Waals surface area contributed by atoms with Gasteiger partial charge in [-0.05, 0) is 55.5 Å². The number of carbonyl (C=O) groups is 2. The molecular weight excluding hydrogens is 404 g/mol. The number of anilines is 2. The van der Waals surface area contributed by atoms with Crippen LogP contribution in [0.15, 0.2) is 46.9 Å². The van der Waals surface area contributed by atoms with Crippen LogP contribution in [0.2, 0.25) is 5.02 Å². The summed E-state index contributed by atoms with van der Waals surface area (Å²) < 4.78 is 5.83. The monoisotopic (exact) mass is 426 g/mol. The first kappa shape index (κ1) is 20.2. The summed E-state index contributed by atoms with van der Waals surface area (Å²) in [7, 11) is 0. The Morgan fingerprint density at radius 1 is 1.17 bits per heavy atom. The zero-order valence-electron chi connectivity index (χ0n) is 16.7. The van der Waals surface area contributed by atoms with Gasteiger partial charge in [0.2, 0.25) is 0 Å². The Hall–Kier alpha value is -3.06. The topological polar surface area (TPSA) is 87.5 Å². The van der Waals surface area contributed by atoms with Crippen molar-refractivity contribution in [2.45, 2.75) is 19.8 Å². The van der Waals surface area contributed by atoms with Crippen LogP contribution in [-0.4, -0.2) is 36.4 Å². The van der Waals surface area contributed by atoms with Crippen molar-refractivity contribution in [1.82, 2.24) is 10.3 Å². The highest BCUT2D eigenvalue weighted by Crippen LogP contribution is 2.26. The summed E-state index contributed by atoms with van der Waals surface area (Å²) in [4.78, 5) is 30.9. The van der Waals surface area contributed by atoms with Crippen LogP contribution in [0.1, 0.15) is 18.4 Å². The third-order valence-electron chi connectivity index (χ3n) is 5.35. The number of rotatable bonds is 4. The molecule has 4 rings (SSSR count). The van der Waals surface area contributed by atoms with E-state index in [-0.39, 0.29) is 0 Å². The fourth-order valence-electron chi connectivity index (χ4n) is 3.50. The Kier molecular flexibility index (Phi) is 5.90. The van der Waals surface area contributed by atoms with E-state index >= 15 is 0 Å². The van der Waals surface area contributed by atoms with Crippen LogP contribution >= 0.6 is 11.6 Å². The fraction of sp³-hybridized carbons (Fsp3) is 0.318. The number of piperidine rings is 1. The number of amides is 2. The van der Waals surface area contributed by atoms with E-state index in [1.807, 2.05) is 31.2 Å². The molecule has 8 heteroatoms. The van der Waals surface area contributed by atoms with E-state index in [4.69, 9.17) is 16.0 Å². The number of aryl methyl sites for hydroxylation is 1. The first-order valence-corrected chi connectivity index (χ1v) is 10.3. The molecule has 0 radical (unpaired) electrons. The molecule has 2 aromatic carbocycles. The molecule has 1 aliphatic heterocycles. The molecular formula is C22H23ClN4O3. The maximum Gasteiger partial charge on any atom is 0.313 e. The number of hydrogen-bond acceptors (Lipinski definition) is 5. The molecule has 1 saturated heterocycles. The second-order valence-electron chi connectivity index (χ2n) is 7.52. The lowest BCUT2D eigenvalue weighted by molar-refractivity contribution is -0.136. The van der Waals surface area contributed by atoms with Crippen molar-refractivity contribution in [3.05, 3.63) is 53.1 Å². The highest BCUT2D eigenvalue weighted by atomic mass is 35.5. The van der Waals surface area contributed by atoms with E-state index in [0.717, 1.165) is 42.6 Å². The number of halogens is 1. The lowest BCUT2D eigenvalue weighted by Crippen LogP contribution is -2.41. The molecule has 2 heterocycles. The number of para-hydroxylation sites is 2. The molecule has 0 saturated carbocycles. The summed E-state index contributed by atoms with van der Waals surface area (Å²) >= 11 is 6.05. The minimum Gasteiger partial charge on any atom is -0.423 e. The summed E-state index contributed by atoms with van der Waals surface area (Å²) in [5.41, 5.74) is 3.03. The van der Waals surface area contributed by atoms with Crippen LogP contribution in [0, 0.1) is 12.8 Å². The largest absolute Gasteiger partial charge is 0.423 e. The molecule has 1 fully saturated rings. The summed E-state index contributed by atoms with van der Waals surface area (Å²) in [6.07, 6.45) is 1.77. The molecule has 7 nitrogen and oxygen atoms in total. The third-order valence-corrected chi connectivity index (χ3v) is 5.76. The van der Waals surface area contributed by atoms with Gasteiger partial charge in [-0.1, -0.05) is 29.8 Å². The number of oxazole rings is 1. The average molecular weight is 427 g/mol. The second kappa shape index (κ2) is 8.75. The van der Waals surface area contributed by atoms with E-state index < -0.39 is 11.8 Å². The molecule has 3 aromatic rings. The van der Waals surface area contributed by atoms with Crippen molar-refractivity contribution in [2.24, 2.45) is 5.92 Å². The highest BCUT2D eigenvalue weighted by molar-refractivity contribution is 6.39. The average Bonchev–Trinajstić information content (AvgIpc) is 3.19. The quantitative estimate of drug-likeness (QED) is 0.620. The van der Waals surface area contributed by atoms with E-state index in [1.54, 1.807) is 18.2 Å². The van der Waals surface area contributed by atoms with Crippen LogP contribution in [0.25, 0.3) is 11.1 Å². The Balaban J connectivity index is 1.24. The summed E-state index contributed by atoms with van der Waals surface area (Å²) in [6, 6.07) is 13.5. The van der Waals surface area contributed by atoms with Crippen molar-refractivity contribution < 1.29 is 14.0 Å². The molecule has 156 valence electrons. The molecule has 0 aliphatic carbocycles. The second-order valence-corrected chi connectivity index (χ2v) is 7.93. The molecule has 2 N–H and O–H groups in total. The lowest BCUT2D eigenvalue weighted by Gasteiger charge is -2.30. The standard InChI is InChI=1S/C22H23ClN4O3/c1-14-6-7-16(12-17(14)23)25-21(29)20(28)24-13-15-8-10-27(11-9-15)22-26-18-4-2-3-5-19(18)30-22/h2-7,12,15H,8-11,13H2,1H3,(H,24,28)(H,25,29). The van der Waals surface area contributed by atoms with Gasteiger partial charge in [0.15, 0.2) is 5.58 Å². The van der Waals surface area contributed by atoms with Gasteiger partial charge in [0.25, 0.3) is 6.01 Å². The Labute approximate surface area is 179 Å². The van der Waals surface area contributed by atoms with Crippen molar-refractivity contribution in [3.8, 4) is 0 Å². The summed E-state index contributed by atoms with van der Waals surface area (Å²) in [5.74, 6) is -1.04. The number of aromatic nitrogens is 1. The van der Waals surface area contributed by atoms with Crippen LogP contribution in [0.5, 0.6) is 0 Å². The van der Waals surface area contributed by atoms with Crippen LogP contribution in [0.3, 0.4) is 0 Å². The minimum atomic E-state index is -0.696. The summed E-state index contributed by atoms with van der Waals surface area (Å²) in [5, 5.41) is 5.85. The van der Waals surface area contributed by atoms with Crippen molar-refractivity contribution >= 4 is 46.2 Å². The van der Waals surface area contributed by atoms with Crippen LogP contribution < -0.4 is 15.5 Å². The predicted molar refractivity (Wildman–Crippen MR) is 117 cm³/mol. The Bertz CT molecular complexity index is 1040. The number of benzene rings is 2. The van der Waals surface area contributed by atoms with Gasteiger partial charge in [0, 0.05) is 30.3 Å². The molecule has 0 unspecified atom stereocenters.